The molecule has 0 saturated heterocycles. The minimum Gasteiger partial charge on any atom is -0.385 e. The molecule has 0 saturated carbocycles. The van der Waals surface area contributed by atoms with Crippen molar-refractivity contribution in [3.63, 3.8) is 0 Å². The Hall–Kier alpha value is -1.06. The van der Waals surface area contributed by atoms with E-state index in [-0.39, 0.29) is 0 Å². The minimum atomic E-state index is 0.601. The predicted molar refractivity (Wildman–Crippen MR) is 59.3 cm³/mol. The molecule has 1 aromatic rings. The topological polar surface area (TPSA) is 47.3 Å². The third-order valence-electron chi connectivity index (χ3n) is 2.04. The second-order valence-corrected chi connectivity index (χ2v) is 3.17. The summed E-state index contributed by atoms with van der Waals surface area (Å²) in [7, 11) is 1.72. The molecule has 0 aliphatic rings. The fraction of sp³-hybridized carbons (Fsp3) is 0.455. The molecule has 78 valence electrons. The smallest absolute Gasteiger partial charge is 0.0479 e. The van der Waals surface area contributed by atoms with Crippen molar-refractivity contribution in [1.29, 1.82) is 0 Å². The number of rotatable bonds is 6. The Kier molecular flexibility index (Phi) is 5.04. The summed E-state index contributed by atoms with van der Waals surface area (Å²) in [6.07, 6.45) is 1.02. The molecule has 0 bridgehead atoms. The highest BCUT2D eigenvalue weighted by Gasteiger charge is 1.92. The van der Waals surface area contributed by atoms with E-state index in [0.717, 1.165) is 30.8 Å². The van der Waals surface area contributed by atoms with Crippen LogP contribution in [0.5, 0.6) is 0 Å². The fourth-order valence-electron chi connectivity index (χ4n) is 1.21. The van der Waals surface area contributed by atoms with Crippen LogP contribution in [-0.2, 0) is 11.3 Å². The van der Waals surface area contributed by atoms with Crippen molar-refractivity contribution in [2.45, 2.75) is 13.0 Å². The lowest BCUT2D eigenvalue weighted by Crippen LogP contribution is -2.04. The number of hydrogen-bond acceptors (Lipinski definition) is 3. The van der Waals surface area contributed by atoms with Crippen molar-refractivity contribution in [3.8, 4) is 0 Å². The maximum absolute atomic E-state index is 5.50. The molecule has 3 N–H and O–H groups in total. The van der Waals surface area contributed by atoms with Crippen LogP contribution in [-0.4, -0.2) is 20.3 Å². The van der Waals surface area contributed by atoms with E-state index in [1.54, 1.807) is 7.11 Å². The highest BCUT2D eigenvalue weighted by atomic mass is 16.5. The number of nitrogens with two attached hydrogens (primary N) is 1. The van der Waals surface area contributed by atoms with Gasteiger partial charge in [-0.2, -0.15) is 0 Å². The van der Waals surface area contributed by atoms with Gasteiger partial charge in [-0.3, -0.25) is 0 Å². The lowest BCUT2D eigenvalue weighted by Gasteiger charge is -2.06. The van der Waals surface area contributed by atoms with E-state index >= 15 is 0 Å². The molecule has 0 aliphatic carbocycles. The molecule has 0 amide bonds. The summed E-state index contributed by atoms with van der Waals surface area (Å²) < 4.78 is 4.96. The van der Waals surface area contributed by atoms with E-state index in [1.807, 2.05) is 12.1 Å². The first-order chi connectivity index (χ1) is 6.86. The van der Waals surface area contributed by atoms with Crippen molar-refractivity contribution in [2.24, 2.45) is 5.73 Å². The molecule has 14 heavy (non-hydrogen) atoms. The van der Waals surface area contributed by atoms with Crippen LogP contribution in [0.15, 0.2) is 24.3 Å². The average Bonchev–Trinajstić information content (AvgIpc) is 2.25. The summed E-state index contributed by atoms with van der Waals surface area (Å²) >= 11 is 0. The number of nitrogens with one attached hydrogen (secondary N) is 1. The molecule has 0 aliphatic heterocycles. The summed E-state index contributed by atoms with van der Waals surface area (Å²) in [6.45, 7) is 2.34. The molecule has 0 fully saturated rings. The van der Waals surface area contributed by atoms with E-state index in [4.69, 9.17) is 10.5 Å². The minimum absolute atomic E-state index is 0.601. The Morgan fingerprint density at radius 1 is 1.29 bits per heavy atom. The summed E-state index contributed by atoms with van der Waals surface area (Å²) in [5.74, 6) is 0. The highest BCUT2D eigenvalue weighted by Crippen LogP contribution is 2.08. The zero-order chi connectivity index (χ0) is 10.2. The van der Waals surface area contributed by atoms with Crippen LogP contribution in [0.3, 0.4) is 0 Å². The lowest BCUT2D eigenvalue weighted by molar-refractivity contribution is 0.198. The standard InChI is InChI=1S/C11H18N2O/c1-14-8-2-7-13-11-5-3-10(9-12)4-6-11/h3-6,13H,2,7-9,12H2,1H3. The van der Waals surface area contributed by atoms with Gasteiger partial charge in [0.1, 0.15) is 0 Å². The zero-order valence-electron chi connectivity index (χ0n) is 8.62. The predicted octanol–water partition coefficient (Wildman–Crippen LogP) is 1.59. The Morgan fingerprint density at radius 3 is 2.57 bits per heavy atom. The van der Waals surface area contributed by atoms with Crippen molar-refractivity contribution in [2.75, 3.05) is 25.6 Å². The Bertz CT molecular complexity index is 246. The molecule has 1 rings (SSSR count). The zero-order valence-corrected chi connectivity index (χ0v) is 8.62. The second-order valence-electron chi connectivity index (χ2n) is 3.17. The summed E-state index contributed by atoms with van der Waals surface area (Å²) in [6, 6.07) is 8.18. The summed E-state index contributed by atoms with van der Waals surface area (Å²) in [5.41, 5.74) is 7.80. The van der Waals surface area contributed by atoms with Crippen molar-refractivity contribution >= 4 is 5.69 Å². The van der Waals surface area contributed by atoms with Crippen LogP contribution in [0.1, 0.15) is 12.0 Å². The Balaban J connectivity index is 2.29. The number of benzene rings is 1. The molecule has 0 heterocycles. The third-order valence-corrected chi connectivity index (χ3v) is 2.04. The van der Waals surface area contributed by atoms with E-state index in [0.29, 0.717) is 6.54 Å². The third kappa shape index (κ3) is 3.77. The van der Waals surface area contributed by atoms with Crippen molar-refractivity contribution < 1.29 is 4.74 Å². The molecule has 0 radical (unpaired) electrons. The van der Waals surface area contributed by atoms with Gasteiger partial charge in [-0.25, -0.2) is 0 Å². The van der Waals surface area contributed by atoms with E-state index in [2.05, 4.69) is 17.4 Å². The molecule has 0 unspecified atom stereocenters. The van der Waals surface area contributed by atoms with Crippen LogP contribution in [0.2, 0.25) is 0 Å². The molecule has 1 aromatic carbocycles. The molecule has 0 aromatic heterocycles. The molecule has 0 atom stereocenters. The fourth-order valence-corrected chi connectivity index (χ4v) is 1.21. The first kappa shape index (κ1) is 11.0. The van der Waals surface area contributed by atoms with Gasteiger partial charge in [0.05, 0.1) is 0 Å². The first-order valence-electron chi connectivity index (χ1n) is 4.88. The summed E-state index contributed by atoms with van der Waals surface area (Å²) in [4.78, 5) is 0. The average molecular weight is 194 g/mol. The normalized spacial score (nSPS) is 10.1. The molecular weight excluding hydrogens is 176 g/mol. The maximum atomic E-state index is 5.50. The largest absolute Gasteiger partial charge is 0.385 e. The Morgan fingerprint density at radius 2 is 2.00 bits per heavy atom. The number of anilines is 1. The SMILES string of the molecule is COCCCNc1ccc(CN)cc1. The molecule has 3 nitrogen and oxygen atoms in total. The van der Waals surface area contributed by atoms with E-state index in [9.17, 15) is 0 Å². The molecule has 0 spiro atoms. The number of ether oxygens (including phenoxy) is 1. The summed E-state index contributed by atoms with van der Waals surface area (Å²) in [5, 5.41) is 3.31. The highest BCUT2D eigenvalue weighted by molar-refractivity contribution is 5.44. The van der Waals surface area contributed by atoms with Gasteiger partial charge in [-0.15, -0.1) is 0 Å². The first-order valence-corrected chi connectivity index (χ1v) is 4.88. The quantitative estimate of drug-likeness (QED) is 0.676. The van der Waals surface area contributed by atoms with Gasteiger partial charge < -0.3 is 15.8 Å². The Labute approximate surface area is 85.3 Å². The number of methoxy groups -OCH3 is 1. The van der Waals surface area contributed by atoms with Gasteiger partial charge in [0.25, 0.3) is 0 Å². The number of hydrogen-bond donors (Lipinski definition) is 2. The van der Waals surface area contributed by atoms with Crippen LogP contribution in [0.25, 0.3) is 0 Å². The monoisotopic (exact) mass is 194 g/mol. The second kappa shape index (κ2) is 6.40. The van der Waals surface area contributed by atoms with Gasteiger partial charge in [0.15, 0.2) is 0 Å². The van der Waals surface area contributed by atoms with Crippen molar-refractivity contribution in [3.05, 3.63) is 29.8 Å². The van der Waals surface area contributed by atoms with Crippen molar-refractivity contribution in [1.82, 2.24) is 0 Å². The van der Waals surface area contributed by atoms with Crippen LogP contribution in [0, 0.1) is 0 Å². The van der Waals surface area contributed by atoms with Gasteiger partial charge in [-0.05, 0) is 24.1 Å². The molecule has 3 heteroatoms. The van der Waals surface area contributed by atoms with E-state index in [1.165, 1.54) is 0 Å². The van der Waals surface area contributed by atoms with Crippen LogP contribution in [0.4, 0.5) is 5.69 Å². The van der Waals surface area contributed by atoms with Gasteiger partial charge in [-0.1, -0.05) is 12.1 Å². The van der Waals surface area contributed by atoms with E-state index < -0.39 is 0 Å². The molecular formula is C11H18N2O. The van der Waals surface area contributed by atoms with Crippen LogP contribution < -0.4 is 11.1 Å². The lowest BCUT2D eigenvalue weighted by atomic mass is 10.2. The van der Waals surface area contributed by atoms with Crippen LogP contribution >= 0.6 is 0 Å². The maximum Gasteiger partial charge on any atom is 0.0479 e. The van der Waals surface area contributed by atoms with Gasteiger partial charge in [0, 0.05) is 32.5 Å². The van der Waals surface area contributed by atoms with Gasteiger partial charge in [0.2, 0.25) is 0 Å². The van der Waals surface area contributed by atoms with Gasteiger partial charge >= 0.3 is 0 Å².